The third-order valence-corrected chi connectivity index (χ3v) is 5.87. The summed E-state index contributed by atoms with van der Waals surface area (Å²) in [7, 11) is 3.38. The molecule has 1 aliphatic carbocycles. The molecule has 0 fully saturated rings. The van der Waals surface area contributed by atoms with Crippen LogP contribution in [0.3, 0.4) is 0 Å². The lowest BCUT2D eigenvalue weighted by Crippen LogP contribution is -2.24. The first kappa shape index (κ1) is 18.9. The van der Waals surface area contributed by atoms with Gasteiger partial charge in [-0.1, -0.05) is 6.08 Å². The zero-order valence-corrected chi connectivity index (χ0v) is 17.8. The van der Waals surface area contributed by atoms with Crippen LogP contribution in [0, 0.1) is 6.92 Å². The molecule has 1 aromatic carbocycles. The van der Waals surface area contributed by atoms with E-state index in [-0.39, 0.29) is 5.60 Å². The van der Waals surface area contributed by atoms with E-state index in [0.717, 1.165) is 63.5 Å². The van der Waals surface area contributed by atoms with Crippen molar-refractivity contribution in [2.75, 3.05) is 19.5 Å². The minimum absolute atomic E-state index is 0.214. The van der Waals surface area contributed by atoms with Crippen molar-refractivity contribution in [2.45, 2.75) is 45.6 Å². The maximum Gasteiger partial charge on any atom is 0.188 e. The summed E-state index contributed by atoms with van der Waals surface area (Å²) in [6, 6.07) is 4.20. The van der Waals surface area contributed by atoms with Gasteiger partial charge in [-0.05, 0) is 51.8 Å². The minimum Gasteiger partial charge on any atom is -0.495 e. The molecule has 0 unspecified atom stereocenters. The molecule has 1 aliphatic heterocycles. The number of aryl methyl sites for hydroxylation is 1. The fourth-order valence-corrected chi connectivity index (χ4v) is 4.61. The average molecular weight is 399 g/mol. The molecule has 0 amide bonds. The molecule has 0 saturated heterocycles. The molecule has 0 radical (unpaired) electrons. The second-order valence-corrected chi connectivity index (χ2v) is 8.92. The second kappa shape index (κ2) is 7.17. The molecule has 2 aliphatic rings. The van der Waals surface area contributed by atoms with Crippen molar-refractivity contribution in [1.29, 1.82) is 0 Å². The van der Waals surface area contributed by atoms with E-state index in [1.807, 2.05) is 6.07 Å². The lowest BCUT2D eigenvalue weighted by molar-refractivity contribution is 0.134. The molecule has 0 spiro atoms. The molecule has 0 atom stereocenters. The lowest BCUT2D eigenvalue weighted by Gasteiger charge is -2.17. The summed E-state index contributed by atoms with van der Waals surface area (Å²) >= 11 is 1.64. The largest absolute Gasteiger partial charge is 0.495 e. The topological polar surface area (TPSA) is 52.6 Å². The Hall–Kier alpha value is -2.47. The quantitative estimate of drug-likeness (QED) is 0.725. The zero-order chi connectivity index (χ0) is 19.9. The van der Waals surface area contributed by atoms with Crippen LogP contribution in [0.4, 0.5) is 5.13 Å². The lowest BCUT2D eigenvalue weighted by atomic mass is 9.99. The number of methoxy groups -OCH3 is 2. The number of fused-ring (bicyclic) bond motifs is 1. The van der Waals surface area contributed by atoms with Gasteiger partial charge < -0.3 is 19.5 Å². The Kier molecular flexibility index (Phi) is 4.83. The van der Waals surface area contributed by atoms with E-state index in [1.165, 1.54) is 5.56 Å². The summed E-state index contributed by atoms with van der Waals surface area (Å²) < 4.78 is 17.2. The number of hydrogen-bond donors (Lipinski definition) is 1. The van der Waals surface area contributed by atoms with Crippen LogP contribution in [0.1, 0.15) is 37.1 Å². The van der Waals surface area contributed by atoms with E-state index >= 15 is 0 Å². The number of nitrogens with one attached hydrogen (secondary N) is 1. The smallest absolute Gasteiger partial charge is 0.188 e. The van der Waals surface area contributed by atoms with Crippen molar-refractivity contribution >= 4 is 16.5 Å². The van der Waals surface area contributed by atoms with Crippen LogP contribution >= 0.6 is 11.3 Å². The molecule has 1 aromatic heterocycles. The molecule has 0 saturated carbocycles. The highest BCUT2D eigenvalue weighted by Crippen LogP contribution is 2.45. The Labute approximate surface area is 170 Å². The molecule has 5 nitrogen and oxygen atoms in total. The van der Waals surface area contributed by atoms with Gasteiger partial charge in [0.05, 0.1) is 25.6 Å². The fraction of sp³-hybridized carbons (Fsp3) is 0.409. The molecule has 148 valence electrons. The van der Waals surface area contributed by atoms with Crippen molar-refractivity contribution in [3.05, 3.63) is 46.2 Å². The van der Waals surface area contributed by atoms with E-state index in [2.05, 4.69) is 44.3 Å². The van der Waals surface area contributed by atoms with Gasteiger partial charge in [0, 0.05) is 22.4 Å². The van der Waals surface area contributed by atoms with Crippen molar-refractivity contribution in [2.24, 2.45) is 0 Å². The van der Waals surface area contributed by atoms with Gasteiger partial charge in [0.1, 0.15) is 11.4 Å². The van der Waals surface area contributed by atoms with Crippen molar-refractivity contribution in [3.8, 4) is 22.8 Å². The number of thiazole rings is 1. The van der Waals surface area contributed by atoms with E-state index in [9.17, 15) is 0 Å². The molecular weight excluding hydrogens is 372 g/mol. The van der Waals surface area contributed by atoms with Crippen LogP contribution in [0.15, 0.2) is 35.7 Å². The highest BCUT2D eigenvalue weighted by Gasteiger charge is 2.33. The highest BCUT2D eigenvalue weighted by atomic mass is 32.1. The molecule has 0 bridgehead atoms. The monoisotopic (exact) mass is 398 g/mol. The third kappa shape index (κ3) is 3.49. The molecule has 6 heteroatoms. The van der Waals surface area contributed by atoms with Crippen LogP contribution in [0.5, 0.6) is 11.5 Å². The van der Waals surface area contributed by atoms with Crippen LogP contribution in [-0.4, -0.2) is 24.8 Å². The number of aromatic nitrogens is 1. The van der Waals surface area contributed by atoms with Gasteiger partial charge in [-0.15, -0.1) is 11.3 Å². The predicted molar refractivity (Wildman–Crippen MR) is 113 cm³/mol. The Morgan fingerprint density at radius 2 is 1.93 bits per heavy atom. The number of anilines is 1. The average Bonchev–Trinajstić information content (AvgIpc) is 3.18. The highest BCUT2D eigenvalue weighted by molar-refractivity contribution is 7.16. The van der Waals surface area contributed by atoms with Gasteiger partial charge in [0.2, 0.25) is 0 Å². The van der Waals surface area contributed by atoms with Gasteiger partial charge in [0.15, 0.2) is 16.6 Å². The Morgan fingerprint density at radius 1 is 1.14 bits per heavy atom. The number of ether oxygens (including phenoxy) is 3. The van der Waals surface area contributed by atoms with Gasteiger partial charge in [-0.2, -0.15) is 0 Å². The van der Waals surface area contributed by atoms with Crippen LogP contribution in [0.25, 0.3) is 11.3 Å². The van der Waals surface area contributed by atoms with E-state index in [1.54, 1.807) is 25.6 Å². The van der Waals surface area contributed by atoms with Crippen molar-refractivity contribution in [3.63, 3.8) is 0 Å². The Bertz CT molecular complexity index is 972. The zero-order valence-electron chi connectivity index (χ0n) is 17.0. The van der Waals surface area contributed by atoms with Crippen molar-refractivity contribution < 1.29 is 14.2 Å². The van der Waals surface area contributed by atoms with Crippen LogP contribution < -0.4 is 14.8 Å². The first-order valence-corrected chi connectivity index (χ1v) is 10.3. The second-order valence-electron chi connectivity index (χ2n) is 7.72. The molecule has 4 rings (SSSR count). The SMILES string of the molecule is COC1=CCCC=C1Nc1nc(-c2cc3c(c(OC)c2)OC(C)(C)C3)c(C)s1. The Morgan fingerprint density at radius 3 is 2.68 bits per heavy atom. The molecule has 2 aromatic rings. The van der Waals surface area contributed by atoms with Crippen molar-refractivity contribution in [1.82, 2.24) is 4.98 Å². The third-order valence-electron chi connectivity index (χ3n) is 4.99. The molecule has 1 N–H and O–H groups in total. The summed E-state index contributed by atoms with van der Waals surface area (Å²) in [6.45, 7) is 6.29. The van der Waals surface area contributed by atoms with E-state index < -0.39 is 0 Å². The predicted octanol–water partition coefficient (Wildman–Crippen LogP) is 5.46. The Balaban J connectivity index is 1.66. The maximum absolute atomic E-state index is 6.08. The maximum atomic E-state index is 6.08. The van der Waals surface area contributed by atoms with Crippen LogP contribution in [-0.2, 0) is 11.2 Å². The first-order chi connectivity index (χ1) is 13.4. The number of benzene rings is 1. The number of allylic oxidation sites excluding steroid dienone is 2. The normalized spacial score (nSPS) is 17.3. The standard InChI is InChI=1S/C22H26N2O3S/c1-13-19(24-21(28-13)23-16-8-6-7-9-17(16)25-4)14-10-15-12-22(2,3)27-20(15)18(11-14)26-5/h8-11H,6-7,12H2,1-5H3,(H,23,24). The van der Waals surface area contributed by atoms with Gasteiger partial charge in [-0.25, -0.2) is 4.98 Å². The molecule has 2 heterocycles. The van der Waals surface area contributed by atoms with Crippen LogP contribution in [0.2, 0.25) is 0 Å². The van der Waals surface area contributed by atoms with Gasteiger partial charge in [-0.3, -0.25) is 0 Å². The number of nitrogens with zero attached hydrogens (tertiary/aromatic N) is 1. The van der Waals surface area contributed by atoms with E-state index in [4.69, 9.17) is 19.2 Å². The number of rotatable bonds is 5. The summed E-state index contributed by atoms with van der Waals surface area (Å²) in [5.41, 5.74) is 3.96. The minimum atomic E-state index is -0.214. The first-order valence-electron chi connectivity index (χ1n) is 9.49. The van der Waals surface area contributed by atoms with E-state index in [0.29, 0.717) is 0 Å². The summed E-state index contributed by atoms with van der Waals surface area (Å²) in [5, 5.41) is 4.29. The molecular formula is C22H26N2O3S. The summed E-state index contributed by atoms with van der Waals surface area (Å²) in [4.78, 5) is 6.02. The summed E-state index contributed by atoms with van der Waals surface area (Å²) in [6.07, 6.45) is 7.13. The number of hydrogen-bond acceptors (Lipinski definition) is 6. The summed E-state index contributed by atoms with van der Waals surface area (Å²) in [5.74, 6) is 2.49. The molecule has 28 heavy (non-hydrogen) atoms. The van der Waals surface area contributed by atoms with Gasteiger partial charge in [0.25, 0.3) is 0 Å². The van der Waals surface area contributed by atoms with Gasteiger partial charge >= 0.3 is 0 Å². The fourth-order valence-electron chi connectivity index (χ4n) is 3.76.